The first-order chi connectivity index (χ1) is 18.3. The van der Waals surface area contributed by atoms with E-state index < -0.39 is 22.9 Å². The molecule has 3 aromatic rings. The molecule has 2 heterocycles. The molecule has 0 atom stereocenters. The number of hydrogen-bond donors (Lipinski definition) is 3. The highest BCUT2D eigenvalue weighted by Gasteiger charge is 2.30. The van der Waals surface area contributed by atoms with Crippen LogP contribution in [-0.4, -0.2) is 54.7 Å². The van der Waals surface area contributed by atoms with Gasteiger partial charge in [0.1, 0.15) is 12.1 Å². The third kappa shape index (κ3) is 7.15. The first-order valence-electron chi connectivity index (χ1n) is 12.9. The number of anilines is 2. The molecular formula is C26H33F3N6O4. The second-order valence-electron chi connectivity index (χ2n) is 10.4. The van der Waals surface area contributed by atoms with Gasteiger partial charge in [0.15, 0.2) is 11.3 Å². The molecule has 1 aromatic carbocycles. The number of ether oxygens (including phenoxy) is 1. The zero-order valence-electron chi connectivity index (χ0n) is 22.1. The van der Waals surface area contributed by atoms with Crippen LogP contribution in [-0.2, 0) is 28.8 Å². The summed E-state index contributed by atoms with van der Waals surface area (Å²) in [4.78, 5) is 30.3. The Labute approximate surface area is 223 Å². The summed E-state index contributed by atoms with van der Waals surface area (Å²) in [6, 6.07) is 4.43. The quantitative estimate of drug-likeness (QED) is 0.372. The lowest BCUT2D eigenvalue weighted by Gasteiger charge is -2.30. The average Bonchev–Trinajstić information content (AvgIpc) is 3.22. The van der Waals surface area contributed by atoms with Crippen LogP contribution in [0.2, 0.25) is 0 Å². The fraction of sp³-hybridized carbons (Fsp3) is 0.538. The van der Waals surface area contributed by atoms with Crippen LogP contribution in [0.5, 0.6) is 0 Å². The Morgan fingerprint density at radius 3 is 2.41 bits per heavy atom. The highest BCUT2D eigenvalue weighted by molar-refractivity contribution is 5.88. The van der Waals surface area contributed by atoms with Gasteiger partial charge in [-0.05, 0) is 70.7 Å². The van der Waals surface area contributed by atoms with Gasteiger partial charge in [0.2, 0.25) is 5.91 Å². The van der Waals surface area contributed by atoms with Crippen molar-refractivity contribution in [1.82, 2.24) is 24.6 Å². The van der Waals surface area contributed by atoms with E-state index in [-0.39, 0.29) is 48.1 Å². The van der Waals surface area contributed by atoms with Crippen molar-refractivity contribution in [3.63, 3.8) is 0 Å². The van der Waals surface area contributed by atoms with Gasteiger partial charge >= 0.3 is 6.18 Å². The van der Waals surface area contributed by atoms with Crippen molar-refractivity contribution >= 4 is 28.4 Å². The Hall–Kier alpha value is -3.45. The van der Waals surface area contributed by atoms with E-state index in [1.54, 1.807) is 20.8 Å². The summed E-state index contributed by atoms with van der Waals surface area (Å²) in [6.45, 7) is 5.56. The van der Waals surface area contributed by atoms with Crippen LogP contribution in [0.25, 0.3) is 11.0 Å². The van der Waals surface area contributed by atoms with E-state index in [4.69, 9.17) is 4.74 Å². The van der Waals surface area contributed by atoms with Crippen molar-refractivity contribution in [2.45, 2.75) is 83.5 Å². The smallest absolute Gasteiger partial charge is 0.388 e. The summed E-state index contributed by atoms with van der Waals surface area (Å²) in [5.74, 6) is -0.0892. The predicted molar refractivity (Wildman–Crippen MR) is 139 cm³/mol. The zero-order valence-corrected chi connectivity index (χ0v) is 22.1. The molecule has 0 unspecified atom stereocenters. The number of rotatable bonds is 9. The summed E-state index contributed by atoms with van der Waals surface area (Å²) in [5.41, 5.74) is -1.32. The van der Waals surface area contributed by atoms with E-state index in [2.05, 4.69) is 20.7 Å². The minimum atomic E-state index is -4.44. The number of fused-ring (bicyclic) bond motifs is 1. The molecule has 1 aliphatic rings. The molecule has 2 aromatic heterocycles. The Kier molecular flexibility index (Phi) is 8.31. The highest BCUT2D eigenvalue weighted by atomic mass is 19.4. The number of aliphatic hydroxyl groups is 1. The molecule has 0 bridgehead atoms. The minimum Gasteiger partial charge on any atom is -0.388 e. The molecule has 1 aliphatic carbocycles. The molecule has 0 radical (unpaired) electrons. The third-order valence-electron chi connectivity index (χ3n) is 6.52. The van der Waals surface area contributed by atoms with Crippen LogP contribution in [0.3, 0.4) is 0 Å². The number of hydrogen-bond acceptors (Lipinski definition) is 7. The molecule has 1 fully saturated rings. The van der Waals surface area contributed by atoms with Crippen LogP contribution < -0.4 is 16.2 Å². The van der Waals surface area contributed by atoms with Gasteiger partial charge in [0.25, 0.3) is 5.56 Å². The standard InChI is InChI=1S/C26H33F3N6O4/c1-4-35-22-21(23(33-35)32-18-7-5-16(6-8-18)26(27,28)29)30-15-34(24(22)37)13-20(36)31-17-9-11-19(12-10-17)39-14-25(2,3)38/h5-8,15,17,19,38H,4,9-14H2,1-3H3,(H,31,36)(H,32,33)/t17-,19-. The van der Waals surface area contributed by atoms with Crippen molar-refractivity contribution in [2.24, 2.45) is 0 Å². The van der Waals surface area contributed by atoms with E-state index in [1.165, 1.54) is 27.7 Å². The Morgan fingerprint density at radius 1 is 1.15 bits per heavy atom. The maximum absolute atomic E-state index is 13.2. The van der Waals surface area contributed by atoms with Crippen molar-refractivity contribution in [3.05, 3.63) is 46.5 Å². The van der Waals surface area contributed by atoms with Gasteiger partial charge < -0.3 is 20.5 Å². The molecular weight excluding hydrogens is 517 g/mol. The number of carbonyl (C=O) groups excluding carboxylic acids is 1. The fourth-order valence-electron chi connectivity index (χ4n) is 4.53. The summed E-state index contributed by atoms with van der Waals surface area (Å²) in [5, 5.41) is 20.1. The monoisotopic (exact) mass is 550 g/mol. The predicted octanol–water partition coefficient (Wildman–Crippen LogP) is 3.59. The van der Waals surface area contributed by atoms with Gasteiger partial charge in [0.05, 0.1) is 30.2 Å². The molecule has 10 nitrogen and oxygen atoms in total. The topological polar surface area (TPSA) is 123 Å². The molecule has 212 valence electrons. The first kappa shape index (κ1) is 28.6. The molecule has 4 rings (SSSR count). The number of halogens is 3. The molecule has 0 spiro atoms. The van der Waals surface area contributed by atoms with Crippen molar-refractivity contribution in [2.75, 3.05) is 11.9 Å². The lowest BCUT2D eigenvalue weighted by atomic mass is 9.93. The molecule has 3 N–H and O–H groups in total. The Morgan fingerprint density at radius 2 is 1.82 bits per heavy atom. The van der Waals surface area contributed by atoms with E-state index in [0.29, 0.717) is 12.2 Å². The number of aromatic nitrogens is 4. The maximum atomic E-state index is 13.2. The van der Waals surface area contributed by atoms with Crippen LogP contribution in [0.1, 0.15) is 52.0 Å². The number of carbonyl (C=O) groups is 1. The number of nitrogens with one attached hydrogen (secondary N) is 2. The van der Waals surface area contributed by atoms with Gasteiger partial charge in [-0.2, -0.15) is 18.3 Å². The molecule has 0 aliphatic heterocycles. The van der Waals surface area contributed by atoms with E-state index in [1.807, 2.05) is 0 Å². The van der Waals surface area contributed by atoms with Gasteiger partial charge in [-0.1, -0.05) is 0 Å². The largest absolute Gasteiger partial charge is 0.416 e. The lowest BCUT2D eigenvalue weighted by molar-refractivity contribution is -0.137. The summed E-state index contributed by atoms with van der Waals surface area (Å²) < 4.78 is 47.0. The van der Waals surface area contributed by atoms with Gasteiger partial charge in [-0.25, -0.2) is 4.98 Å². The van der Waals surface area contributed by atoms with Crippen LogP contribution in [0.15, 0.2) is 35.4 Å². The van der Waals surface area contributed by atoms with E-state index >= 15 is 0 Å². The van der Waals surface area contributed by atoms with Gasteiger partial charge in [-0.3, -0.25) is 18.8 Å². The second-order valence-corrected chi connectivity index (χ2v) is 10.4. The van der Waals surface area contributed by atoms with E-state index in [0.717, 1.165) is 37.8 Å². The number of nitrogens with zero attached hydrogens (tertiary/aromatic N) is 4. The summed E-state index contributed by atoms with van der Waals surface area (Å²) >= 11 is 0. The Bertz CT molecular complexity index is 1350. The molecule has 13 heteroatoms. The van der Waals surface area contributed by atoms with Crippen molar-refractivity contribution in [3.8, 4) is 0 Å². The fourth-order valence-corrected chi connectivity index (χ4v) is 4.53. The molecule has 39 heavy (non-hydrogen) atoms. The highest BCUT2D eigenvalue weighted by Crippen LogP contribution is 2.31. The maximum Gasteiger partial charge on any atom is 0.416 e. The summed E-state index contributed by atoms with van der Waals surface area (Å²) in [6.07, 6.45) is -0.146. The number of aryl methyl sites for hydroxylation is 1. The molecule has 0 saturated heterocycles. The first-order valence-corrected chi connectivity index (χ1v) is 12.9. The van der Waals surface area contributed by atoms with Crippen molar-refractivity contribution in [1.29, 1.82) is 0 Å². The van der Waals surface area contributed by atoms with Gasteiger partial charge in [-0.15, -0.1) is 0 Å². The number of alkyl halides is 3. The van der Waals surface area contributed by atoms with Gasteiger partial charge in [0, 0.05) is 18.3 Å². The molecule has 1 saturated carbocycles. The van der Waals surface area contributed by atoms with Crippen LogP contribution in [0, 0.1) is 0 Å². The summed E-state index contributed by atoms with van der Waals surface area (Å²) in [7, 11) is 0. The number of amides is 1. The lowest BCUT2D eigenvalue weighted by Crippen LogP contribution is -2.42. The Balaban J connectivity index is 1.42. The normalized spacial score (nSPS) is 18.3. The average molecular weight is 551 g/mol. The van der Waals surface area contributed by atoms with Crippen LogP contribution >= 0.6 is 0 Å². The molecule has 1 amide bonds. The van der Waals surface area contributed by atoms with E-state index in [9.17, 15) is 27.9 Å². The second kappa shape index (κ2) is 11.3. The zero-order chi connectivity index (χ0) is 28.4. The minimum absolute atomic E-state index is 0.0346. The van der Waals surface area contributed by atoms with Crippen LogP contribution in [0.4, 0.5) is 24.7 Å². The van der Waals surface area contributed by atoms with Crippen molar-refractivity contribution < 1.29 is 27.8 Å². The SMILES string of the molecule is CCn1nc(Nc2ccc(C(F)(F)F)cc2)c2ncn(CC(=O)N[C@H]3CC[C@H](OCC(C)(C)O)CC3)c(=O)c21. The number of benzene rings is 1. The third-order valence-corrected chi connectivity index (χ3v) is 6.52.